The van der Waals surface area contributed by atoms with E-state index in [9.17, 15) is 9.59 Å². The van der Waals surface area contributed by atoms with Gasteiger partial charge in [-0.1, -0.05) is 29.8 Å². The average molecular weight is 343 g/mol. The van der Waals surface area contributed by atoms with Gasteiger partial charge in [-0.15, -0.1) is 0 Å². The maximum absolute atomic E-state index is 12.6. The molecular weight excluding hydrogens is 328 g/mol. The van der Waals surface area contributed by atoms with Crippen molar-refractivity contribution in [3.63, 3.8) is 0 Å². The summed E-state index contributed by atoms with van der Waals surface area (Å²) in [6.45, 7) is 1.62. The van der Waals surface area contributed by atoms with Gasteiger partial charge in [0.25, 0.3) is 5.91 Å². The number of aromatic nitrogens is 1. The molecular formula is C18H15ClN2O3. The van der Waals surface area contributed by atoms with Crippen molar-refractivity contribution >= 4 is 34.2 Å². The van der Waals surface area contributed by atoms with E-state index >= 15 is 0 Å². The summed E-state index contributed by atoms with van der Waals surface area (Å²) in [6, 6.07) is 12.0. The number of ketones is 1. The van der Waals surface area contributed by atoms with Gasteiger partial charge >= 0.3 is 0 Å². The zero-order valence-electron chi connectivity index (χ0n) is 12.9. The lowest BCUT2D eigenvalue weighted by atomic mass is 10.1. The molecule has 0 spiro atoms. The molecule has 0 aliphatic rings. The van der Waals surface area contributed by atoms with Crippen molar-refractivity contribution in [3.05, 3.63) is 64.3 Å². The molecule has 122 valence electrons. The lowest BCUT2D eigenvalue weighted by Gasteiger charge is -2.09. The number of H-pyrrole nitrogens is 1. The third kappa shape index (κ3) is 2.98. The Morgan fingerprint density at radius 1 is 1.21 bits per heavy atom. The van der Waals surface area contributed by atoms with Gasteiger partial charge in [-0.2, -0.15) is 0 Å². The molecule has 0 saturated carbocycles. The predicted octanol–water partition coefficient (Wildman–Crippen LogP) is 3.49. The Kier molecular flexibility index (Phi) is 4.27. The number of benzene rings is 2. The largest absolute Gasteiger partial charge is 0.485 e. The molecule has 0 unspecified atom stereocenters. The van der Waals surface area contributed by atoms with Crippen molar-refractivity contribution in [2.24, 2.45) is 5.73 Å². The van der Waals surface area contributed by atoms with Crippen molar-refractivity contribution in [3.8, 4) is 5.75 Å². The first-order chi connectivity index (χ1) is 11.5. The lowest BCUT2D eigenvalue weighted by molar-refractivity contribution is 0.0913. The minimum atomic E-state index is -0.641. The summed E-state index contributed by atoms with van der Waals surface area (Å²) in [6.07, 6.45) is 0. The van der Waals surface area contributed by atoms with Gasteiger partial charge in [0.1, 0.15) is 5.75 Å². The van der Waals surface area contributed by atoms with E-state index < -0.39 is 5.91 Å². The van der Waals surface area contributed by atoms with Gasteiger partial charge in [0.15, 0.2) is 6.61 Å². The van der Waals surface area contributed by atoms with Gasteiger partial charge < -0.3 is 15.5 Å². The van der Waals surface area contributed by atoms with E-state index in [0.29, 0.717) is 10.6 Å². The van der Waals surface area contributed by atoms with Gasteiger partial charge in [0.2, 0.25) is 5.78 Å². The number of ether oxygens (including phenoxy) is 1. The third-order valence-corrected chi connectivity index (χ3v) is 3.98. The summed E-state index contributed by atoms with van der Waals surface area (Å²) in [4.78, 5) is 27.2. The fraction of sp³-hybridized carbons (Fsp3) is 0.111. The highest BCUT2D eigenvalue weighted by Crippen LogP contribution is 2.25. The quantitative estimate of drug-likeness (QED) is 0.696. The van der Waals surface area contributed by atoms with E-state index in [4.69, 9.17) is 22.1 Å². The van der Waals surface area contributed by atoms with Crippen molar-refractivity contribution in [1.82, 2.24) is 4.98 Å². The first kappa shape index (κ1) is 16.1. The monoisotopic (exact) mass is 342 g/mol. The summed E-state index contributed by atoms with van der Waals surface area (Å²) in [5, 5.41) is 1.23. The molecule has 24 heavy (non-hydrogen) atoms. The van der Waals surface area contributed by atoms with Gasteiger partial charge in [-0.25, -0.2) is 0 Å². The number of carbonyl (C=O) groups is 2. The molecule has 1 amide bonds. The predicted molar refractivity (Wildman–Crippen MR) is 92.8 cm³/mol. The summed E-state index contributed by atoms with van der Waals surface area (Å²) in [7, 11) is 0. The standard InChI is InChI=1S/C18H15ClN2O3/c1-10-17(12-4-2-3-5-14(12)21-10)15(22)9-24-16-8-11(19)6-7-13(16)18(20)23/h2-8,21H,9H2,1H3,(H2,20,23). The average Bonchev–Trinajstić information content (AvgIpc) is 2.88. The third-order valence-electron chi connectivity index (χ3n) is 3.74. The van der Waals surface area contributed by atoms with Crippen molar-refractivity contribution in [2.45, 2.75) is 6.92 Å². The molecule has 0 radical (unpaired) electrons. The number of aryl methyl sites for hydroxylation is 1. The molecule has 6 heteroatoms. The van der Waals surface area contributed by atoms with Crippen LogP contribution in [0.4, 0.5) is 0 Å². The molecule has 0 aliphatic heterocycles. The summed E-state index contributed by atoms with van der Waals surface area (Å²) in [5.74, 6) is -0.640. The maximum atomic E-state index is 12.6. The fourth-order valence-corrected chi connectivity index (χ4v) is 2.83. The Bertz CT molecular complexity index is 947. The fourth-order valence-electron chi connectivity index (χ4n) is 2.67. The molecule has 0 saturated heterocycles. The number of para-hydroxylation sites is 1. The SMILES string of the molecule is Cc1[nH]c2ccccc2c1C(=O)COc1cc(Cl)ccc1C(N)=O. The van der Waals surface area contributed by atoms with Crippen LogP contribution in [-0.2, 0) is 0 Å². The lowest BCUT2D eigenvalue weighted by Crippen LogP contribution is -2.17. The van der Waals surface area contributed by atoms with Crippen LogP contribution in [0, 0.1) is 6.92 Å². The number of hydrogen-bond acceptors (Lipinski definition) is 3. The Balaban J connectivity index is 1.87. The van der Waals surface area contributed by atoms with Crippen LogP contribution < -0.4 is 10.5 Å². The second-order valence-corrected chi connectivity index (χ2v) is 5.82. The molecule has 3 N–H and O–H groups in total. The van der Waals surface area contributed by atoms with Gasteiger partial charge in [-0.3, -0.25) is 9.59 Å². The number of carbonyl (C=O) groups excluding carboxylic acids is 2. The number of primary amides is 1. The van der Waals surface area contributed by atoms with E-state index in [1.54, 1.807) is 6.07 Å². The minimum absolute atomic E-state index is 0.183. The number of aromatic amines is 1. The topological polar surface area (TPSA) is 85.2 Å². The number of nitrogens with two attached hydrogens (primary N) is 1. The molecule has 1 heterocycles. The van der Waals surface area contributed by atoms with Crippen LogP contribution in [0.2, 0.25) is 5.02 Å². The Morgan fingerprint density at radius 3 is 2.71 bits per heavy atom. The minimum Gasteiger partial charge on any atom is -0.485 e. The first-order valence-electron chi connectivity index (χ1n) is 7.30. The number of rotatable bonds is 5. The van der Waals surface area contributed by atoms with E-state index in [-0.39, 0.29) is 23.7 Å². The second-order valence-electron chi connectivity index (χ2n) is 5.39. The van der Waals surface area contributed by atoms with E-state index in [2.05, 4.69) is 4.98 Å². The van der Waals surface area contributed by atoms with Gasteiger partial charge in [-0.05, 0) is 31.2 Å². The van der Waals surface area contributed by atoms with Crippen molar-refractivity contribution < 1.29 is 14.3 Å². The smallest absolute Gasteiger partial charge is 0.252 e. The van der Waals surface area contributed by atoms with Crippen molar-refractivity contribution in [1.29, 1.82) is 0 Å². The molecule has 3 rings (SSSR count). The molecule has 0 aliphatic carbocycles. The Labute approximate surface area is 143 Å². The number of nitrogens with one attached hydrogen (secondary N) is 1. The van der Waals surface area contributed by atoms with E-state index in [1.807, 2.05) is 31.2 Å². The highest BCUT2D eigenvalue weighted by molar-refractivity contribution is 6.30. The molecule has 5 nitrogen and oxygen atoms in total. The number of fused-ring (bicyclic) bond motifs is 1. The zero-order valence-corrected chi connectivity index (χ0v) is 13.7. The van der Waals surface area contributed by atoms with Crippen LogP contribution in [0.15, 0.2) is 42.5 Å². The molecule has 0 bridgehead atoms. The molecule has 0 fully saturated rings. The highest BCUT2D eigenvalue weighted by atomic mass is 35.5. The molecule has 3 aromatic rings. The number of halogens is 1. The van der Waals surface area contributed by atoms with Crippen LogP contribution >= 0.6 is 11.6 Å². The number of amides is 1. The summed E-state index contributed by atoms with van der Waals surface area (Å²) in [5.41, 5.74) is 7.73. The Morgan fingerprint density at radius 2 is 1.96 bits per heavy atom. The molecule has 0 atom stereocenters. The van der Waals surface area contributed by atoms with Crippen LogP contribution in [0.3, 0.4) is 0 Å². The van der Waals surface area contributed by atoms with Crippen molar-refractivity contribution in [2.75, 3.05) is 6.61 Å². The van der Waals surface area contributed by atoms with E-state index in [1.165, 1.54) is 12.1 Å². The van der Waals surface area contributed by atoms with Gasteiger partial charge in [0, 0.05) is 27.2 Å². The van der Waals surface area contributed by atoms with Crippen LogP contribution in [0.1, 0.15) is 26.4 Å². The Hall–Kier alpha value is -2.79. The zero-order chi connectivity index (χ0) is 17.3. The normalized spacial score (nSPS) is 10.8. The number of Topliss-reactive ketones (excluding diaryl/α,β-unsaturated/α-hetero) is 1. The van der Waals surface area contributed by atoms with Crippen LogP contribution in [0.5, 0.6) is 5.75 Å². The highest BCUT2D eigenvalue weighted by Gasteiger charge is 2.18. The second kappa shape index (κ2) is 6.37. The maximum Gasteiger partial charge on any atom is 0.252 e. The molecule has 2 aromatic carbocycles. The first-order valence-corrected chi connectivity index (χ1v) is 7.68. The van der Waals surface area contributed by atoms with Gasteiger partial charge in [0.05, 0.1) is 5.56 Å². The van der Waals surface area contributed by atoms with Crippen LogP contribution in [-0.4, -0.2) is 23.3 Å². The summed E-state index contributed by atoms with van der Waals surface area (Å²) >= 11 is 5.92. The van der Waals surface area contributed by atoms with Crippen LogP contribution in [0.25, 0.3) is 10.9 Å². The van der Waals surface area contributed by atoms with E-state index in [0.717, 1.165) is 16.6 Å². The molecule has 1 aromatic heterocycles. The number of hydrogen-bond donors (Lipinski definition) is 2. The summed E-state index contributed by atoms with van der Waals surface area (Å²) < 4.78 is 5.52.